The predicted molar refractivity (Wildman–Crippen MR) is 127 cm³/mol. The molecule has 4 aromatic rings. The van der Waals surface area contributed by atoms with Crippen LogP contribution in [0.3, 0.4) is 0 Å². The Morgan fingerprint density at radius 1 is 1.12 bits per heavy atom. The monoisotopic (exact) mass is 513 g/mol. The van der Waals surface area contributed by atoms with Crippen LogP contribution in [0.15, 0.2) is 65.3 Å². The lowest BCUT2D eigenvalue weighted by atomic mass is 10.2. The smallest absolute Gasteiger partial charge is 0.276 e. The van der Waals surface area contributed by atoms with Crippen LogP contribution in [0.1, 0.15) is 27.4 Å². The molecule has 7 nitrogen and oxygen atoms in total. The van der Waals surface area contributed by atoms with Gasteiger partial charge in [0.05, 0.1) is 27.4 Å². The number of halogens is 2. The molecule has 2 heterocycles. The third-order valence-corrected chi connectivity index (χ3v) is 6.33. The maximum Gasteiger partial charge on any atom is 0.276 e. The first-order chi connectivity index (χ1) is 15.4. The molecule has 0 unspecified atom stereocenters. The third kappa shape index (κ3) is 5.03. The molecule has 0 radical (unpaired) electrons. The Bertz CT molecular complexity index is 1270. The number of nitrogens with zero attached hydrogens (tertiary/aromatic N) is 4. The SMILES string of the molecule is Cc1nn(Cc2cccc(NC(=O)c3ccn(COc4ccccc4Cl)n3)c2)c(C)c1Br. The van der Waals surface area contributed by atoms with E-state index in [-0.39, 0.29) is 12.6 Å². The van der Waals surface area contributed by atoms with Gasteiger partial charge < -0.3 is 10.1 Å². The van der Waals surface area contributed by atoms with Gasteiger partial charge in [0, 0.05) is 11.9 Å². The molecule has 0 atom stereocenters. The van der Waals surface area contributed by atoms with Gasteiger partial charge >= 0.3 is 0 Å². The molecule has 2 aromatic carbocycles. The van der Waals surface area contributed by atoms with E-state index in [1.807, 2.05) is 54.9 Å². The van der Waals surface area contributed by atoms with Gasteiger partial charge in [0.1, 0.15) is 5.75 Å². The lowest BCUT2D eigenvalue weighted by Crippen LogP contribution is -2.14. The first kappa shape index (κ1) is 22.1. The minimum Gasteiger partial charge on any atom is -0.470 e. The summed E-state index contributed by atoms with van der Waals surface area (Å²) in [6.45, 7) is 4.73. The molecular formula is C23H21BrClN5O2. The topological polar surface area (TPSA) is 74.0 Å². The Labute approximate surface area is 199 Å². The highest BCUT2D eigenvalue weighted by molar-refractivity contribution is 9.10. The number of aromatic nitrogens is 4. The average Bonchev–Trinajstić information content (AvgIpc) is 3.35. The molecule has 0 bridgehead atoms. The van der Waals surface area contributed by atoms with Gasteiger partial charge in [-0.15, -0.1) is 0 Å². The van der Waals surface area contributed by atoms with E-state index >= 15 is 0 Å². The number of amides is 1. The minimum atomic E-state index is -0.299. The third-order valence-electron chi connectivity index (χ3n) is 4.87. The van der Waals surface area contributed by atoms with Crippen LogP contribution in [0, 0.1) is 13.8 Å². The van der Waals surface area contributed by atoms with Gasteiger partial charge in [0.2, 0.25) is 0 Å². The fourth-order valence-corrected chi connectivity index (χ4v) is 3.67. The second-order valence-corrected chi connectivity index (χ2v) is 8.44. The Morgan fingerprint density at radius 3 is 2.69 bits per heavy atom. The molecule has 0 aliphatic rings. The lowest BCUT2D eigenvalue weighted by Gasteiger charge is -2.09. The molecule has 0 fully saturated rings. The summed E-state index contributed by atoms with van der Waals surface area (Å²) in [6, 6.07) is 16.5. The summed E-state index contributed by atoms with van der Waals surface area (Å²) in [6.07, 6.45) is 1.68. The lowest BCUT2D eigenvalue weighted by molar-refractivity contribution is 0.102. The molecule has 0 saturated carbocycles. The maximum absolute atomic E-state index is 12.7. The van der Waals surface area contributed by atoms with E-state index in [4.69, 9.17) is 16.3 Å². The van der Waals surface area contributed by atoms with E-state index in [9.17, 15) is 4.79 Å². The molecule has 9 heteroatoms. The van der Waals surface area contributed by atoms with E-state index in [2.05, 4.69) is 31.4 Å². The van der Waals surface area contributed by atoms with E-state index < -0.39 is 0 Å². The van der Waals surface area contributed by atoms with Crippen LogP contribution in [0.5, 0.6) is 5.75 Å². The van der Waals surface area contributed by atoms with Crippen molar-refractivity contribution in [2.24, 2.45) is 0 Å². The Morgan fingerprint density at radius 2 is 1.94 bits per heavy atom. The summed E-state index contributed by atoms with van der Waals surface area (Å²) in [5.74, 6) is 0.259. The number of benzene rings is 2. The molecular weight excluding hydrogens is 494 g/mol. The molecule has 0 saturated heterocycles. The van der Waals surface area contributed by atoms with Crippen molar-refractivity contribution in [3.05, 3.63) is 92.9 Å². The molecule has 1 N–H and O–H groups in total. The predicted octanol–water partition coefficient (Wildman–Crippen LogP) is 5.45. The van der Waals surface area contributed by atoms with Gasteiger partial charge in [0.15, 0.2) is 12.4 Å². The number of aryl methyl sites for hydroxylation is 1. The fraction of sp³-hybridized carbons (Fsp3) is 0.174. The van der Waals surface area contributed by atoms with Crippen molar-refractivity contribution < 1.29 is 9.53 Å². The van der Waals surface area contributed by atoms with E-state index in [0.717, 1.165) is 21.4 Å². The largest absolute Gasteiger partial charge is 0.470 e. The van der Waals surface area contributed by atoms with Crippen molar-refractivity contribution in [2.75, 3.05) is 5.32 Å². The highest BCUT2D eigenvalue weighted by Gasteiger charge is 2.12. The van der Waals surface area contributed by atoms with Crippen molar-refractivity contribution in [1.82, 2.24) is 19.6 Å². The number of para-hydroxylation sites is 1. The normalized spacial score (nSPS) is 10.9. The number of carbonyl (C=O) groups is 1. The zero-order chi connectivity index (χ0) is 22.7. The van der Waals surface area contributed by atoms with Gasteiger partial charge in [-0.05, 0) is 65.7 Å². The zero-order valence-corrected chi connectivity index (χ0v) is 19.9. The quantitative estimate of drug-likeness (QED) is 0.356. The summed E-state index contributed by atoms with van der Waals surface area (Å²) in [4.78, 5) is 12.7. The number of carbonyl (C=O) groups excluding carboxylic acids is 1. The van der Waals surface area contributed by atoms with Crippen molar-refractivity contribution in [3.8, 4) is 5.75 Å². The van der Waals surface area contributed by atoms with Crippen molar-refractivity contribution >= 4 is 39.1 Å². The number of hydrogen-bond acceptors (Lipinski definition) is 4. The number of ether oxygens (including phenoxy) is 1. The molecule has 0 spiro atoms. The summed E-state index contributed by atoms with van der Waals surface area (Å²) in [5.41, 5.74) is 4.01. The van der Waals surface area contributed by atoms with Gasteiger partial charge in [-0.3, -0.25) is 9.48 Å². The standard InChI is InChI=1S/C23H21BrClN5O2/c1-15-22(24)16(2)30(27-15)13-17-6-5-7-18(12-17)26-23(31)20-10-11-29(28-20)14-32-21-9-4-3-8-19(21)25/h3-12H,13-14H2,1-2H3,(H,26,31). The first-order valence-electron chi connectivity index (χ1n) is 9.91. The van der Waals surface area contributed by atoms with Crippen LogP contribution < -0.4 is 10.1 Å². The minimum absolute atomic E-state index is 0.144. The van der Waals surface area contributed by atoms with Crippen LogP contribution >= 0.6 is 27.5 Å². The Kier molecular flexibility index (Phi) is 6.62. The van der Waals surface area contributed by atoms with Gasteiger partial charge in [0.25, 0.3) is 5.91 Å². The molecule has 0 aliphatic carbocycles. The Hall–Kier alpha value is -3.10. The van der Waals surface area contributed by atoms with Gasteiger partial charge in [-0.25, -0.2) is 4.68 Å². The molecule has 0 aliphatic heterocycles. The zero-order valence-electron chi connectivity index (χ0n) is 17.5. The van der Waals surface area contributed by atoms with E-state index in [1.54, 1.807) is 24.4 Å². The van der Waals surface area contributed by atoms with E-state index in [0.29, 0.717) is 28.7 Å². The molecule has 32 heavy (non-hydrogen) atoms. The van der Waals surface area contributed by atoms with Crippen molar-refractivity contribution in [2.45, 2.75) is 27.1 Å². The molecule has 2 aromatic heterocycles. The number of rotatable bonds is 7. The highest BCUT2D eigenvalue weighted by Crippen LogP contribution is 2.23. The second-order valence-electron chi connectivity index (χ2n) is 7.24. The van der Waals surface area contributed by atoms with Gasteiger partial charge in [-0.1, -0.05) is 35.9 Å². The number of nitrogens with one attached hydrogen (secondary N) is 1. The van der Waals surface area contributed by atoms with Crippen LogP contribution in [0.4, 0.5) is 5.69 Å². The molecule has 4 rings (SSSR count). The van der Waals surface area contributed by atoms with Gasteiger partial charge in [-0.2, -0.15) is 10.2 Å². The number of hydrogen-bond donors (Lipinski definition) is 1. The number of anilines is 1. The summed E-state index contributed by atoms with van der Waals surface area (Å²) < 4.78 is 10.1. The maximum atomic E-state index is 12.7. The summed E-state index contributed by atoms with van der Waals surface area (Å²) in [7, 11) is 0. The molecule has 164 valence electrons. The summed E-state index contributed by atoms with van der Waals surface area (Å²) >= 11 is 9.64. The summed E-state index contributed by atoms with van der Waals surface area (Å²) in [5, 5.41) is 12.2. The van der Waals surface area contributed by atoms with Crippen LogP contribution in [-0.2, 0) is 13.3 Å². The van der Waals surface area contributed by atoms with Crippen molar-refractivity contribution in [3.63, 3.8) is 0 Å². The van der Waals surface area contributed by atoms with Crippen LogP contribution in [-0.4, -0.2) is 25.5 Å². The fourth-order valence-electron chi connectivity index (χ4n) is 3.20. The second kappa shape index (κ2) is 9.58. The molecule has 1 amide bonds. The first-order valence-corrected chi connectivity index (χ1v) is 11.1. The average molecular weight is 515 g/mol. The van der Waals surface area contributed by atoms with Crippen LogP contribution in [0.25, 0.3) is 0 Å². The van der Waals surface area contributed by atoms with Crippen molar-refractivity contribution in [1.29, 1.82) is 0 Å². The Balaban J connectivity index is 1.39. The van der Waals surface area contributed by atoms with Crippen LogP contribution in [0.2, 0.25) is 5.02 Å². The van der Waals surface area contributed by atoms with E-state index in [1.165, 1.54) is 4.68 Å². The highest BCUT2D eigenvalue weighted by atomic mass is 79.9.